The van der Waals surface area contributed by atoms with Crippen LogP contribution in [0.2, 0.25) is 0 Å². The Morgan fingerprint density at radius 1 is 0.900 bits per heavy atom. The van der Waals surface area contributed by atoms with E-state index in [4.69, 9.17) is 16.5 Å². The lowest BCUT2D eigenvalue weighted by Gasteiger charge is -2.50. The Labute approximate surface area is 191 Å². The van der Waals surface area contributed by atoms with E-state index in [2.05, 4.69) is 92.5 Å². The summed E-state index contributed by atoms with van der Waals surface area (Å²) in [6.07, 6.45) is 2.47. The second-order valence-corrected chi connectivity index (χ2v) is 12.8. The molecule has 0 saturated heterocycles. The van der Waals surface area contributed by atoms with Gasteiger partial charge in [0.1, 0.15) is 5.75 Å². The Hall–Kier alpha value is -1.18. The highest BCUT2D eigenvalue weighted by Gasteiger charge is 2.46. The maximum Gasteiger partial charge on any atom is 0.119 e. The third kappa shape index (κ3) is 5.17. The van der Waals surface area contributed by atoms with Gasteiger partial charge in [-0.3, -0.25) is 0 Å². The van der Waals surface area contributed by atoms with Gasteiger partial charge in [-0.25, -0.2) is 0 Å². The van der Waals surface area contributed by atoms with Gasteiger partial charge in [0.05, 0.1) is 13.2 Å². The fraction of sp³-hybridized carbons (Fsp3) is 0.615. The molecule has 1 aliphatic carbocycles. The lowest BCUT2D eigenvalue weighted by Crippen LogP contribution is -2.49. The third-order valence-electron chi connectivity index (χ3n) is 6.11. The molecule has 166 valence electrons. The van der Waals surface area contributed by atoms with E-state index >= 15 is 0 Å². The van der Waals surface area contributed by atoms with E-state index in [0.29, 0.717) is 5.92 Å². The Kier molecular flexibility index (Phi) is 7.32. The van der Waals surface area contributed by atoms with Gasteiger partial charge in [-0.2, -0.15) is 0 Å². The van der Waals surface area contributed by atoms with E-state index in [1.807, 2.05) is 12.1 Å². The molecule has 1 aromatic carbocycles. The molecule has 4 heteroatoms. The van der Waals surface area contributed by atoms with E-state index in [0.717, 1.165) is 13.1 Å². The van der Waals surface area contributed by atoms with Gasteiger partial charge in [-0.1, -0.05) is 80.2 Å². The number of methoxy groups -OCH3 is 1. The molecule has 0 fully saturated rings. The molecule has 0 spiro atoms. The van der Waals surface area contributed by atoms with Gasteiger partial charge in [0.2, 0.25) is 0 Å². The van der Waals surface area contributed by atoms with Crippen LogP contribution in [-0.4, -0.2) is 20.2 Å². The predicted molar refractivity (Wildman–Crippen MR) is 136 cm³/mol. The van der Waals surface area contributed by atoms with Gasteiger partial charge in [0.25, 0.3) is 0 Å². The molecule has 2 unspecified atom stereocenters. The van der Waals surface area contributed by atoms with Gasteiger partial charge in [0.15, 0.2) is 0 Å². The molecule has 0 N–H and O–H groups in total. The van der Waals surface area contributed by atoms with Crippen molar-refractivity contribution < 1.29 is 4.74 Å². The summed E-state index contributed by atoms with van der Waals surface area (Å²) >= 11 is 5.74. The summed E-state index contributed by atoms with van der Waals surface area (Å²) in [7, 11) is 4.90. The molecule has 0 aliphatic heterocycles. The minimum atomic E-state index is 0.0509. The van der Waals surface area contributed by atoms with Crippen molar-refractivity contribution in [1.29, 1.82) is 0 Å². The number of rotatable bonds is 4. The molecule has 0 aromatic heterocycles. The molecule has 0 amide bonds. The van der Waals surface area contributed by atoms with Crippen molar-refractivity contribution in [3.8, 4) is 5.75 Å². The maximum absolute atomic E-state index is 5.74. The van der Waals surface area contributed by atoms with E-state index in [9.17, 15) is 0 Å². The van der Waals surface area contributed by atoms with Crippen LogP contribution in [-0.2, 0) is 11.8 Å². The number of ether oxygens (including phenoxy) is 1. The second-order valence-electron chi connectivity index (χ2n) is 11.6. The molecular formula is C26H40NOPS. The lowest BCUT2D eigenvalue weighted by atomic mass is 9.63. The first kappa shape index (κ1) is 25.1. The van der Waals surface area contributed by atoms with Gasteiger partial charge < -0.3 is 9.64 Å². The monoisotopic (exact) mass is 445 g/mol. The van der Waals surface area contributed by atoms with Crippen LogP contribution in [0.3, 0.4) is 0 Å². The summed E-state index contributed by atoms with van der Waals surface area (Å²) in [6.45, 7) is 21.0. The van der Waals surface area contributed by atoms with Gasteiger partial charge in [-0.15, -0.1) is 0 Å². The van der Waals surface area contributed by atoms with Crippen LogP contribution in [0.25, 0.3) is 0 Å². The Morgan fingerprint density at radius 2 is 1.43 bits per heavy atom. The van der Waals surface area contributed by atoms with E-state index in [1.54, 1.807) is 7.11 Å². The molecule has 1 aliphatic rings. The molecule has 0 radical (unpaired) electrons. The van der Waals surface area contributed by atoms with Crippen molar-refractivity contribution in [3.05, 3.63) is 46.8 Å². The zero-order valence-electron chi connectivity index (χ0n) is 20.8. The summed E-state index contributed by atoms with van der Waals surface area (Å²) in [5.74, 6) is 1.21. The van der Waals surface area contributed by atoms with Crippen molar-refractivity contribution in [2.45, 2.75) is 68.4 Å². The topological polar surface area (TPSA) is 12.5 Å². The third-order valence-corrected chi connectivity index (χ3v) is 7.41. The summed E-state index contributed by atoms with van der Waals surface area (Å²) in [5, 5.41) is 1.41. The standard InChI is InChI=1S/C26H40NOPS/c1-24(2,3)19-16-20(25(4,5)6)23(29-30)21(26(7,8)9)22(19)27(10)17-12-14-18(28-11)15-13-17/h12-16,21-22H,1-11H3. The number of nitrogens with zero attached hydrogens (tertiary/aromatic N) is 1. The molecule has 0 heterocycles. The fourth-order valence-corrected chi connectivity index (χ4v) is 6.25. The SMILES string of the molecule is COc1ccc(N(C)C2C(C(C)(C)C)=CC(C(C)(C)C)=C(P=S)C2C(C)(C)C)cc1. The van der Waals surface area contributed by atoms with Crippen LogP contribution in [0.1, 0.15) is 62.3 Å². The zero-order valence-corrected chi connectivity index (χ0v) is 22.5. The number of allylic oxidation sites excluding steroid dienone is 2. The fourth-order valence-electron chi connectivity index (χ4n) is 4.47. The summed E-state index contributed by atoms with van der Waals surface area (Å²) in [4.78, 5) is 2.45. The van der Waals surface area contributed by atoms with Crippen LogP contribution in [0, 0.1) is 22.2 Å². The molecule has 0 bridgehead atoms. The van der Waals surface area contributed by atoms with E-state index in [-0.39, 0.29) is 22.3 Å². The van der Waals surface area contributed by atoms with E-state index in [1.165, 1.54) is 22.1 Å². The molecule has 2 nitrogen and oxygen atoms in total. The Morgan fingerprint density at radius 3 is 1.80 bits per heavy atom. The quantitative estimate of drug-likeness (QED) is 0.438. The summed E-state index contributed by atoms with van der Waals surface area (Å²) in [5.41, 5.74) is 4.29. The minimum absolute atomic E-state index is 0.0509. The van der Waals surface area contributed by atoms with Crippen LogP contribution in [0.15, 0.2) is 46.8 Å². The average Bonchev–Trinajstić information content (AvgIpc) is 2.63. The number of benzene rings is 1. The first-order valence-electron chi connectivity index (χ1n) is 10.8. The second kappa shape index (κ2) is 8.75. The maximum atomic E-state index is 5.74. The first-order valence-corrected chi connectivity index (χ1v) is 12.7. The van der Waals surface area contributed by atoms with Gasteiger partial charge >= 0.3 is 0 Å². The highest BCUT2D eigenvalue weighted by atomic mass is 32.4. The van der Waals surface area contributed by atoms with Crippen molar-refractivity contribution in [3.63, 3.8) is 0 Å². The number of hydrogen-bond donors (Lipinski definition) is 0. The smallest absolute Gasteiger partial charge is 0.119 e. The average molecular weight is 446 g/mol. The molecule has 2 rings (SSSR count). The van der Waals surface area contributed by atoms with Gasteiger partial charge in [0, 0.05) is 31.3 Å². The van der Waals surface area contributed by atoms with E-state index < -0.39 is 0 Å². The van der Waals surface area contributed by atoms with Crippen LogP contribution in [0.4, 0.5) is 5.69 Å². The Bertz CT molecular complexity index is 832. The molecule has 1 aromatic rings. The summed E-state index contributed by atoms with van der Waals surface area (Å²) in [6, 6.07) is 8.66. The van der Waals surface area contributed by atoms with Crippen molar-refractivity contribution >= 4 is 24.9 Å². The van der Waals surface area contributed by atoms with Gasteiger partial charge in [-0.05, 0) is 51.7 Å². The lowest BCUT2D eigenvalue weighted by molar-refractivity contribution is 0.236. The summed E-state index contributed by atoms with van der Waals surface area (Å²) < 4.78 is 5.38. The number of likely N-dealkylation sites (N-methyl/N-ethyl adjacent to an activating group) is 1. The molecule has 0 saturated carbocycles. The van der Waals surface area contributed by atoms with Crippen LogP contribution in [0.5, 0.6) is 5.75 Å². The largest absolute Gasteiger partial charge is 0.497 e. The highest BCUT2D eigenvalue weighted by molar-refractivity contribution is 7.98. The number of hydrogen-bond acceptors (Lipinski definition) is 3. The normalized spacial score (nSPS) is 21.0. The minimum Gasteiger partial charge on any atom is -0.497 e. The first-order chi connectivity index (χ1) is 13.6. The van der Waals surface area contributed by atoms with Crippen molar-refractivity contribution in [2.75, 3.05) is 19.1 Å². The molecular weight excluding hydrogens is 405 g/mol. The predicted octanol–water partition coefficient (Wildman–Crippen LogP) is 7.86. The highest BCUT2D eigenvalue weighted by Crippen LogP contribution is 2.54. The zero-order chi connectivity index (χ0) is 23.1. The van der Waals surface area contributed by atoms with Crippen LogP contribution < -0.4 is 9.64 Å². The Balaban J connectivity index is 2.78. The van der Waals surface area contributed by atoms with Crippen molar-refractivity contribution in [2.24, 2.45) is 22.2 Å². The van der Waals surface area contributed by atoms with Crippen molar-refractivity contribution in [1.82, 2.24) is 0 Å². The molecule has 2 atom stereocenters. The molecule has 30 heavy (non-hydrogen) atoms. The number of anilines is 1. The van der Waals surface area contributed by atoms with Crippen LogP contribution >= 0.6 is 7.36 Å².